The van der Waals surface area contributed by atoms with Gasteiger partial charge >= 0.3 is 6.18 Å². The van der Waals surface area contributed by atoms with Gasteiger partial charge in [-0.1, -0.05) is 50.1 Å². The van der Waals surface area contributed by atoms with E-state index in [9.17, 15) is 18.0 Å². The Bertz CT molecular complexity index is 886. The van der Waals surface area contributed by atoms with Crippen LogP contribution in [-0.4, -0.2) is 23.4 Å². The van der Waals surface area contributed by atoms with Gasteiger partial charge in [0.1, 0.15) is 0 Å². The van der Waals surface area contributed by atoms with E-state index in [1.807, 2.05) is 6.92 Å². The fraction of sp³-hybridized carbons (Fsp3) is 0.654. The van der Waals surface area contributed by atoms with Crippen molar-refractivity contribution in [3.8, 4) is 0 Å². The Morgan fingerprint density at radius 3 is 2.33 bits per heavy atom. The molecule has 182 valence electrons. The molecule has 1 aromatic carbocycles. The molecule has 1 N–H and O–H groups in total. The zero-order chi connectivity index (χ0) is 23.6. The number of hydrogen-bond acceptors (Lipinski definition) is 2. The number of allylic oxidation sites excluding steroid dienone is 1. The molecule has 2 aliphatic carbocycles. The smallest absolute Gasteiger partial charge is 0.367 e. The first kappa shape index (κ1) is 24.4. The summed E-state index contributed by atoms with van der Waals surface area (Å²) in [6, 6.07) is 3.39. The topological polar surface area (TPSA) is 32.3 Å². The van der Waals surface area contributed by atoms with Crippen molar-refractivity contribution in [1.29, 1.82) is 0 Å². The van der Waals surface area contributed by atoms with E-state index in [-0.39, 0.29) is 18.0 Å². The predicted octanol–water partition coefficient (Wildman–Crippen LogP) is 7.41. The second-order valence-electron chi connectivity index (χ2n) is 9.98. The summed E-state index contributed by atoms with van der Waals surface area (Å²) in [6.07, 6.45) is 7.25. The Labute approximate surface area is 199 Å². The van der Waals surface area contributed by atoms with Crippen LogP contribution in [0.3, 0.4) is 0 Å². The monoisotopic (exact) mass is 482 g/mol. The number of carbonyl (C=O) groups excluding carboxylic acids is 1. The lowest BCUT2D eigenvalue weighted by atomic mass is 9.88. The molecule has 0 saturated heterocycles. The maximum absolute atomic E-state index is 13.5. The number of halogens is 4. The highest BCUT2D eigenvalue weighted by Crippen LogP contribution is 2.44. The van der Waals surface area contributed by atoms with Gasteiger partial charge < -0.3 is 10.2 Å². The lowest BCUT2D eigenvalue weighted by Crippen LogP contribution is -2.37. The van der Waals surface area contributed by atoms with Crippen LogP contribution in [0.4, 0.5) is 13.2 Å². The van der Waals surface area contributed by atoms with E-state index in [4.69, 9.17) is 11.6 Å². The van der Waals surface area contributed by atoms with Crippen molar-refractivity contribution in [3.63, 3.8) is 0 Å². The summed E-state index contributed by atoms with van der Waals surface area (Å²) < 4.78 is 40.4. The fourth-order valence-corrected chi connectivity index (χ4v) is 6.04. The van der Waals surface area contributed by atoms with E-state index in [0.717, 1.165) is 56.8 Å². The number of rotatable bonds is 5. The molecule has 1 unspecified atom stereocenters. The van der Waals surface area contributed by atoms with Crippen molar-refractivity contribution in [2.24, 2.45) is 5.92 Å². The highest BCUT2D eigenvalue weighted by molar-refractivity contribution is 6.31. The summed E-state index contributed by atoms with van der Waals surface area (Å²) >= 11 is 6.45. The summed E-state index contributed by atoms with van der Waals surface area (Å²) in [5.41, 5.74) is 1.33. The Morgan fingerprint density at radius 2 is 1.70 bits per heavy atom. The minimum Gasteiger partial charge on any atom is -0.367 e. The molecule has 1 amide bonds. The van der Waals surface area contributed by atoms with Crippen molar-refractivity contribution in [2.75, 3.05) is 6.54 Å². The number of nitrogens with one attached hydrogen (secondary N) is 1. The fourth-order valence-electron chi connectivity index (χ4n) is 5.80. The van der Waals surface area contributed by atoms with Crippen molar-refractivity contribution in [1.82, 2.24) is 10.2 Å². The second-order valence-corrected chi connectivity index (χ2v) is 10.4. The number of hydrogen-bond donors (Lipinski definition) is 1. The van der Waals surface area contributed by atoms with Crippen LogP contribution in [0.5, 0.6) is 0 Å². The van der Waals surface area contributed by atoms with Crippen molar-refractivity contribution in [3.05, 3.63) is 45.6 Å². The molecular formula is C26H34ClF3N2O. The van der Waals surface area contributed by atoms with Gasteiger partial charge in [-0.2, -0.15) is 13.2 Å². The molecule has 0 bridgehead atoms. The van der Waals surface area contributed by atoms with Crippen molar-refractivity contribution < 1.29 is 18.0 Å². The summed E-state index contributed by atoms with van der Waals surface area (Å²) in [5.74, 6) is 0.417. The molecule has 33 heavy (non-hydrogen) atoms. The average molecular weight is 483 g/mol. The zero-order valence-electron chi connectivity index (χ0n) is 19.3. The van der Waals surface area contributed by atoms with Crippen LogP contribution in [0.25, 0.3) is 0 Å². The van der Waals surface area contributed by atoms with Crippen LogP contribution in [0.1, 0.15) is 94.7 Å². The SMILES string of the molecule is CC1=C(C(=O)NC2CCCCC2)CC(c2cc(C(F)(F)F)ccc2Cl)N1CC1CCCCC1. The first-order chi connectivity index (χ1) is 15.7. The highest BCUT2D eigenvalue weighted by atomic mass is 35.5. The Kier molecular flexibility index (Phi) is 7.62. The Morgan fingerprint density at radius 1 is 1.06 bits per heavy atom. The van der Waals surface area contributed by atoms with Gasteiger partial charge in [0.25, 0.3) is 0 Å². The van der Waals surface area contributed by atoms with Gasteiger partial charge in [-0.3, -0.25) is 4.79 Å². The normalized spacial score (nSPS) is 23.3. The van der Waals surface area contributed by atoms with Gasteiger partial charge in [0, 0.05) is 35.3 Å². The first-order valence-corrected chi connectivity index (χ1v) is 12.8. The minimum absolute atomic E-state index is 0.0707. The maximum atomic E-state index is 13.5. The van der Waals surface area contributed by atoms with Crippen LogP contribution >= 0.6 is 11.6 Å². The van der Waals surface area contributed by atoms with E-state index < -0.39 is 11.7 Å². The molecule has 4 rings (SSSR count). The quantitative estimate of drug-likeness (QED) is 0.474. The van der Waals surface area contributed by atoms with Crippen LogP contribution in [-0.2, 0) is 11.0 Å². The summed E-state index contributed by atoms with van der Waals surface area (Å²) in [4.78, 5) is 15.4. The standard InChI is InChI=1S/C26H34ClF3N2O/c1-17-21(25(33)31-20-10-6-3-7-11-20)15-24(32(17)16-18-8-4-2-5-9-18)22-14-19(26(28,29)30)12-13-23(22)27/h12-14,18,20,24H,2-11,15-16H2,1H3,(H,31,33). The summed E-state index contributed by atoms with van der Waals surface area (Å²) in [7, 11) is 0. The molecule has 0 radical (unpaired) electrons. The predicted molar refractivity (Wildman–Crippen MR) is 125 cm³/mol. The molecule has 0 spiro atoms. The molecule has 7 heteroatoms. The summed E-state index contributed by atoms with van der Waals surface area (Å²) in [5, 5.41) is 3.52. The van der Waals surface area contributed by atoms with E-state index in [1.165, 1.54) is 37.8 Å². The third-order valence-electron chi connectivity index (χ3n) is 7.72. The van der Waals surface area contributed by atoms with Gasteiger partial charge in [0.05, 0.1) is 11.6 Å². The minimum atomic E-state index is -4.43. The lowest BCUT2D eigenvalue weighted by molar-refractivity contribution is -0.137. The second kappa shape index (κ2) is 10.3. The number of benzene rings is 1. The molecule has 3 aliphatic rings. The highest BCUT2D eigenvalue weighted by Gasteiger charge is 2.38. The molecular weight excluding hydrogens is 449 g/mol. The molecule has 1 atom stereocenters. The van der Waals surface area contributed by atoms with Crippen molar-refractivity contribution >= 4 is 17.5 Å². The molecule has 1 aliphatic heterocycles. The van der Waals surface area contributed by atoms with E-state index in [0.29, 0.717) is 28.5 Å². The third kappa shape index (κ3) is 5.70. The van der Waals surface area contributed by atoms with Crippen LogP contribution < -0.4 is 5.32 Å². The van der Waals surface area contributed by atoms with Crippen LogP contribution in [0.2, 0.25) is 5.02 Å². The summed E-state index contributed by atoms with van der Waals surface area (Å²) in [6.45, 7) is 2.70. The Hall–Kier alpha value is -1.69. The average Bonchev–Trinajstić information content (AvgIpc) is 3.11. The molecule has 3 nitrogen and oxygen atoms in total. The van der Waals surface area contributed by atoms with Gasteiger partial charge in [-0.25, -0.2) is 0 Å². The largest absolute Gasteiger partial charge is 0.416 e. The van der Waals surface area contributed by atoms with E-state index in [2.05, 4.69) is 10.2 Å². The number of alkyl halides is 3. The molecule has 2 fully saturated rings. The van der Waals surface area contributed by atoms with Gasteiger partial charge in [-0.15, -0.1) is 0 Å². The van der Waals surface area contributed by atoms with Gasteiger partial charge in [-0.05, 0) is 62.3 Å². The molecule has 0 aromatic heterocycles. The molecule has 1 aromatic rings. The molecule has 2 saturated carbocycles. The van der Waals surface area contributed by atoms with Crippen LogP contribution in [0, 0.1) is 5.92 Å². The van der Waals surface area contributed by atoms with Gasteiger partial charge in [0.15, 0.2) is 0 Å². The lowest BCUT2D eigenvalue weighted by Gasteiger charge is -2.34. The third-order valence-corrected chi connectivity index (χ3v) is 8.06. The van der Waals surface area contributed by atoms with E-state index >= 15 is 0 Å². The number of carbonyl (C=O) groups is 1. The Balaban J connectivity index is 1.62. The van der Waals surface area contributed by atoms with Crippen LogP contribution in [0.15, 0.2) is 29.5 Å². The number of nitrogens with zero attached hydrogens (tertiary/aromatic N) is 1. The van der Waals surface area contributed by atoms with Crippen molar-refractivity contribution in [2.45, 2.75) is 95.8 Å². The van der Waals surface area contributed by atoms with Gasteiger partial charge in [0.2, 0.25) is 5.91 Å². The zero-order valence-corrected chi connectivity index (χ0v) is 20.1. The molecule has 1 heterocycles. The first-order valence-electron chi connectivity index (χ1n) is 12.4. The maximum Gasteiger partial charge on any atom is 0.416 e. The van der Waals surface area contributed by atoms with E-state index in [1.54, 1.807) is 0 Å². The number of amides is 1.